The lowest BCUT2D eigenvalue weighted by Gasteiger charge is -2.40. The van der Waals surface area contributed by atoms with Gasteiger partial charge in [0.15, 0.2) is 0 Å². The van der Waals surface area contributed by atoms with E-state index in [-0.39, 0.29) is 5.92 Å². The number of carbonyl (C=O) groups excluding carboxylic acids is 1. The van der Waals surface area contributed by atoms with E-state index in [9.17, 15) is 4.79 Å². The molecule has 1 aromatic rings. The molecule has 0 saturated carbocycles. The lowest BCUT2D eigenvalue weighted by molar-refractivity contribution is -0.137. The third kappa shape index (κ3) is 1.92. The average molecular weight is 290 g/mol. The Bertz CT molecular complexity index is 512. The van der Waals surface area contributed by atoms with Gasteiger partial charge in [-0.25, -0.2) is 0 Å². The minimum Gasteiger partial charge on any atom is -0.336 e. The standard InChI is InChI=1S/C16H22N2OS/c17-10-8-11-4-5-12(9-10)18(11)16(19)14-2-1-3-15-13(14)6-7-20-15/h6-7,10-12,14H,1-5,8-9,17H2. The van der Waals surface area contributed by atoms with E-state index in [4.69, 9.17) is 5.73 Å². The molecule has 3 nitrogen and oxygen atoms in total. The lowest BCUT2D eigenvalue weighted by Crippen LogP contribution is -2.51. The number of hydrogen-bond donors (Lipinski definition) is 1. The van der Waals surface area contributed by atoms with Crippen LogP contribution in [0.5, 0.6) is 0 Å². The molecule has 0 spiro atoms. The highest BCUT2D eigenvalue weighted by atomic mass is 32.1. The molecule has 4 heteroatoms. The van der Waals surface area contributed by atoms with Gasteiger partial charge in [0, 0.05) is 23.0 Å². The number of aryl methyl sites for hydroxylation is 1. The Labute approximate surface area is 124 Å². The molecule has 20 heavy (non-hydrogen) atoms. The van der Waals surface area contributed by atoms with Gasteiger partial charge in [0.2, 0.25) is 5.91 Å². The SMILES string of the molecule is NC1CC2CCC(C1)N2C(=O)C1CCCc2sccc21. The second-order valence-corrected chi connectivity index (χ2v) is 7.61. The van der Waals surface area contributed by atoms with E-state index in [0.717, 1.165) is 44.9 Å². The summed E-state index contributed by atoms with van der Waals surface area (Å²) in [5.74, 6) is 0.520. The van der Waals surface area contributed by atoms with Gasteiger partial charge in [-0.3, -0.25) is 4.79 Å². The van der Waals surface area contributed by atoms with Gasteiger partial charge in [-0.2, -0.15) is 0 Å². The van der Waals surface area contributed by atoms with Gasteiger partial charge in [0.25, 0.3) is 0 Å². The number of nitrogens with zero attached hydrogens (tertiary/aromatic N) is 1. The molecular weight excluding hydrogens is 268 g/mol. The van der Waals surface area contributed by atoms with Crippen LogP contribution in [-0.2, 0) is 11.2 Å². The zero-order valence-electron chi connectivity index (χ0n) is 11.8. The molecule has 2 aliphatic heterocycles. The minimum atomic E-state index is 0.127. The summed E-state index contributed by atoms with van der Waals surface area (Å²) in [5, 5.41) is 2.15. The molecule has 0 aromatic carbocycles. The first-order valence-electron chi connectivity index (χ1n) is 7.88. The molecule has 4 rings (SSSR count). The van der Waals surface area contributed by atoms with Crippen LogP contribution in [-0.4, -0.2) is 28.9 Å². The van der Waals surface area contributed by atoms with E-state index in [1.165, 1.54) is 10.4 Å². The molecule has 3 atom stereocenters. The van der Waals surface area contributed by atoms with Crippen LogP contribution < -0.4 is 5.73 Å². The summed E-state index contributed by atoms with van der Waals surface area (Å²) in [6.45, 7) is 0. The molecule has 3 aliphatic rings. The monoisotopic (exact) mass is 290 g/mol. The molecule has 3 heterocycles. The van der Waals surface area contributed by atoms with E-state index >= 15 is 0 Å². The van der Waals surface area contributed by atoms with E-state index in [0.29, 0.717) is 24.0 Å². The van der Waals surface area contributed by atoms with Crippen LogP contribution in [0.2, 0.25) is 0 Å². The van der Waals surface area contributed by atoms with Crippen molar-refractivity contribution in [3.8, 4) is 0 Å². The Hall–Kier alpha value is -0.870. The predicted molar refractivity (Wildman–Crippen MR) is 80.9 cm³/mol. The summed E-state index contributed by atoms with van der Waals surface area (Å²) in [6.07, 6.45) is 7.68. The number of fused-ring (bicyclic) bond motifs is 3. The number of nitrogens with two attached hydrogens (primary N) is 1. The minimum absolute atomic E-state index is 0.127. The maximum absolute atomic E-state index is 13.1. The number of hydrogen-bond acceptors (Lipinski definition) is 3. The third-order valence-corrected chi connectivity index (χ3v) is 6.37. The van der Waals surface area contributed by atoms with Crippen molar-refractivity contribution in [2.75, 3.05) is 0 Å². The van der Waals surface area contributed by atoms with E-state index < -0.39 is 0 Å². The molecule has 2 N–H and O–H groups in total. The van der Waals surface area contributed by atoms with Crippen LogP contribution in [0.4, 0.5) is 0 Å². The number of piperidine rings is 1. The fourth-order valence-corrected chi connectivity index (χ4v) is 5.49. The molecule has 3 unspecified atom stereocenters. The maximum Gasteiger partial charge on any atom is 0.230 e. The van der Waals surface area contributed by atoms with Gasteiger partial charge in [-0.05, 0) is 62.0 Å². The smallest absolute Gasteiger partial charge is 0.230 e. The average Bonchev–Trinajstić information content (AvgIpc) is 3.01. The van der Waals surface area contributed by atoms with Crippen molar-refractivity contribution in [2.45, 2.75) is 69.0 Å². The van der Waals surface area contributed by atoms with E-state index in [1.807, 2.05) is 11.3 Å². The van der Waals surface area contributed by atoms with Crippen molar-refractivity contribution in [3.63, 3.8) is 0 Å². The summed E-state index contributed by atoms with van der Waals surface area (Å²) in [5.41, 5.74) is 7.44. The Balaban J connectivity index is 1.60. The van der Waals surface area contributed by atoms with E-state index in [1.54, 1.807) is 0 Å². The van der Waals surface area contributed by atoms with Crippen molar-refractivity contribution in [3.05, 3.63) is 21.9 Å². The lowest BCUT2D eigenvalue weighted by atomic mass is 9.85. The first kappa shape index (κ1) is 12.8. The Morgan fingerprint density at radius 3 is 2.75 bits per heavy atom. The van der Waals surface area contributed by atoms with Crippen LogP contribution in [0.15, 0.2) is 11.4 Å². The van der Waals surface area contributed by atoms with Crippen LogP contribution in [0.1, 0.15) is 54.9 Å². The van der Waals surface area contributed by atoms with Crippen molar-refractivity contribution < 1.29 is 4.79 Å². The second kappa shape index (κ2) is 4.85. The molecule has 1 amide bonds. The zero-order valence-corrected chi connectivity index (χ0v) is 12.6. The van der Waals surface area contributed by atoms with Gasteiger partial charge in [0.1, 0.15) is 0 Å². The number of amides is 1. The number of carbonyl (C=O) groups is 1. The summed E-state index contributed by atoms with van der Waals surface area (Å²) in [7, 11) is 0. The van der Waals surface area contributed by atoms with Gasteiger partial charge in [-0.15, -0.1) is 11.3 Å². The van der Waals surface area contributed by atoms with Crippen LogP contribution in [0.3, 0.4) is 0 Å². The normalized spacial score (nSPS) is 36.0. The van der Waals surface area contributed by atoms with Crippen molar-refractivity contribution in [2.24, 2.45) is 5.73 Å². The highest BCUT2D eigenvalue weighted by molar-refractivity contribution is 7.10. The predicted octanol–water partition coefficient (Wildman–Crippen LogP) is 2.65. The first-order chi connectivity index (χ1) is 9.74. The summed E-state index contributed by atoms with van der Waals surface area (Å²) in [4.78, 5) is 16.7. The second-order valence-electron chi connectivity index (χ2n) is 6.61. The molecule has 108 valence electrons. The van der Waals surface area contributed by atoms with Gasteiger partial charge in [0.05, 0.1) is 5.92 Å². The molecule has 1 aromatic heterocycles. The largest absolute Gasteiger partial charge is 0.336 e. The molecular formula is C16H22N2OS. The molecule has 2 fully saturated rings. The Morgan fingerprint density at radius 1 is 1.25 bits per heavy atom. The first-order valence-corrected chi connectivity index (χ1v) is 8.76. The van der Waals surface area contributed by atoms with Crippen molar-refractivity contribution in [1.82, 2.24) is 4.90 Å². The molecule has 0 radical (unpaired) electrons. The maximum atomic E-state index is 13.1. The van der Waals surface area contributed by atoms with Crippen LogP contribution in [0, 0.1) is 0 Å². The summed E-state index contributed by atoms with van der Waals surface area (Å²) in [6, 6.07) is 3.32. The van der Waals surface area contributed by atoms with Gasteiger partial charge < -0.3 is 10.6 Å². The molecule has 1 aliphatic carbocycles. The topological polar surface area (TPSA) is 46.3 Å². The molecule has 2 bridgehead atoms. The highest BCUT2D eigenvalue weighted by Gasteiger charge is 2.44. The summed E-state index contributed by atoms with van der Waals surface area (Å²) >= 11 is 1.82. The fourth-order valence-electron chi connectivity index (χ4n) is 4.50. The van der Waals surface area contributed by atoms with E-state index in [2.05, 4.69) is 16.3 Å². The number of thiophene rings is 1. The third-order valence-electron chi connectivity index (χ3n) is 5.37. The van der Waals surface area contributed by atoms with Crippen molar-refractivity contribution >= 4 is 17.2 Å². The summed E-state index contributed by atoms with van der Waals surface area (Å²) < 4.78 is 0. The quantitative estimate of drug-likeness (QED) is 0.864. The zero-order chi connectivity index (χ0) is 13.7. The Kier molecular flexibility index (Phi) is 3.11. The highest BCUT2D eigenvalue weighted by Crippen LogP contribution is 2.41. The van der Waals surface area contributed by atoms with Crippen molar-refractivity contribution in [1.29, 1.82) is 0 Å². The Morgan fingerprint density at radius 2 is 2.00 bits per heavy atom. The van der Waals surface area contributed by atoms with Crippen LogP contribution >= 0.6 is 11.3 Å². The van der Waals surface area contributed by atoms with Gasteiger partial charge >= 0.3 is 0 Å². The van der Waals surface area contributed by atoms with Gasteiger partial charge in [-0.1, -0.05) is 0 Å². The fraction of sp³-hybridized carbons (Fsp3) is 0.688. The van der Waals surface area contributed by atoms with Crippen LogP contribution in [0.25, 0.3) is 0 Å². The number of rotatable bonds is 1. The molecule has 2 saturated heterocycles.